The molecule has 5 nitrogen and oxygen atoms in total. The minimum Gasteiger partial charge on any atom is -0.491 e. The molecule has 0 radical (unpaired) electrons. The van der Waals surface area contributed by atoms with Gasteiger partial charge < -0.3 is 21.1 Å². The first kappa shape index (κ1) is 16.8. The van der Waals surface area contributed by atoms with E-state index in [0.29, 0.717) is 17.9 Å². The molecule has 1 unspecified atom stereocenters. The number of hydrogen-bond acceptors (Lipinski definition) is 3. The van der Waals surface area contributed by atoms with Crippen molar-refractivity contribution in [3.63, 3.8) is 0 Å². The summed E-state index contributed by atoms with van der Waals surface area (Å²) in [4.78, 5) is 12.0. The van der Waals surface area contributed by atoms with Gasteiger partial charge in [0.15, 0.2) is 0 Å². The fraction of sp³-hybridized carbons (Fsp3) is 0.278. The Morgan fingerprint density at radius 1 is 1.13 bits per heavy atom. The molecule has 5 heteroatoms. The van der Waals surface area contributed by atoms with E-state index in [1.165, 1.54) is 0 Å². The smallest absolute Gasteiger partial charge is 0.323 e. The minimum atomic E-state index is -0.300. The van der Waals surface area contributed by atoms with Crippen molar-refractivity contribution in [1.29, 1.82) is 0 Å². The van der Waals surface area contributed by atoms with Crippen molar-refractivity contribution >= 4 is 17.4 Å². The lowest BCUT2D eigenvalue weighted by Crippen LogP contribution is -2.19. The molecule has 2 aromatic carbocycles. The first-order valence-electron chi connectivity index (χ1n) is 7.74. The predicted octanol–water partition coefficient (Wildman–Crippen LogP) is 3.97. The summed E-state index contributed by atoms with van der Waals surface area (Å²) in [5.74, 6) is 0.740. The number of ether oxygens (including phenoxy) is 1. The van der Waals surface area contributed by atoms with Gasteiger partial charge in [-0.1, -0.05) is 25.1 Å². The number of carbonyl (C=O) groups is 1. The average Bonchev–Trinajstić information content (AvgIpc) is 2.55. The largest absolute Gasteiger partial charge is 0.491 e. The quantitative estimate of drug-likeness (QED) is 0.755. The van der Waals surface area contributed by atoms with E-state index in [-0.39, 0.29) is 12.1 Å². The Bertz CT molecular complexity index is 641. The molecule has 2 rings (SSSR count). The van der Waals surface area contributed by atoms with Gasteiger partial charge in [0.1, 0.15) is 5.75 Å². The molecule has 0 aliphatic rings. The third-order valence-electron chi connectivity index (χ3n) is 3.45. The highest BCUT2D eigenvalue weighted by molar-refractivity contribution is 5.99. The summed E-state index contributed by atoms with van der Waals surface area (Å²) in [6, 6.07) is 14.5. The van der Waals surface area contributed by atoms with Crippen molar-refractivity contribution in [1.82, 2.24) is 0 Å². The predicted molar refractivity (Wildman–Crippen MR) is 93.8 cm³/mol. The third-order valence-corrected chi connectivity index (χ3v) is 3.45. The molecule has 0 aromatic heterocycles. The second-order valence-corrected chi connectivity index (χ2v) is 5.34. The number of carbonyl (C=O) groups excluding carboxylic acids is 1. The number of benzene rings is 2. The second-order valence-electron chi connectivity index (χ2n) is 5.34. The number of hydrogen-bond donors (Lipinski definition) is 3. The van der Waals surface area contributed by atoms with E-state index < -0.39 is 0 Å². The van der Waals surface area contributed by atoms with Gasteiger partial charge in [-0.2, -0.15) is 0 Å². The van der Waals surface area contributed by atoms with Gasteiger partial charge in [-0.05, 0) is 43.2 Å². The summed E-state index contributed by atoms with van der Waals surface area (Å²) < 4.78 is 5.75. The molecule has 0 bridgehead atoms. The number of rotatable bonds is 6. The van der Waals surface area contributed by atoms with Crippen LogP contribution in [0.2, 0.25) is 0 Å². The first-order chi connectivity index (χ1) is 11.1. The van der Waals surface area contributed by atoms with Crippen LogP contribution in [0.4, 0.5) is 16.2 Å². The monoisotopic (exact) mass is 313 g/mol. The van der Waals surface area contributed by atoms with Crippen LogP contribution in [0.1, 0.15) is 25.8 Å². The summed E-state index contributed by atoms with van der Waals surface area (Å²) >= 11 is 0. The summed E-state index contributed by atoms with van der Waals surface area (Å²) in [5.41, 5.74) is 7.97. The zero-order chi connectivity index (χ0) is 16.7. The lowest BCUT2D eigenvalue weighted by atomic mass is 10.2. The van der Waals surface area contributed by atoms with Gasteiger partial charge in [0.25, 0.3) is 0 Å². The van der Waals surface area contributed by atoms with Gasteiger partial charge >= 0.3 is 6.03 Å². The van der Waals surface area contributed by atoms with Crippen LogP contribution < -0.4 is 21.1 Å². The zero-order valence-corrected chi connectivity index (χ0v) is 13.5. The van der Waals surface area contributed by atoms with Crippen LogP contribution in [0.5, 0.6) is 5.75 Å². The standard InChI is InChI=1S/C18H23N3O2/c1-3-13(2)23-17-6-4-5-16(11-17)21-18(22)20-15-9-7-14(12-19)8-10-15/h4-11,13H,3,12,19H2,1-2H3,(H2,20,21,22). The molecule has 0 aliphatic heterocycles. The first-order valence-corrected chi connectivity index (χ1v) is 7.74. The van der Waals surface area contributed by atoms with E-state index >= 15 is 0 Å². The molecule has 0 saturated carbocycles. The van der Waals surface area contributed by atoms with Crippen molar-refractivity contribution < 1.29 is 9.53 Å². The summed E-state index contributed by atoms with van der Waals surface area (Å²) in [7, 11) is 0. The maximum absolute atomic E-state index is 12.0. The Labute approximate surface area is 136 Å². The van der Waals surface area contributed by atoms with Crippen molar-refractivity contribution in [3.05, 3.63) is 54.1 Å². The van der Waals surface area contributed by atoms with Crippen LogP contribution in [0.25, 0.3) is 0 Å². The third kappa shape index (κ3) is 5.30. The Kier molecular flexibility index (Phi) is 6.00. The molecule has 1 atom stereocenters. The molecule has 0 fully saturated rings. The van der Waals surface area contributed by atoms with E-state index in [4.69, 9.17) is 10.5 Å². The summed E-state index contributed by atoms with van der Waals surface area (Å²) in [5, 5.41) is 5.58. The minimum absolute atomic E-state index is 0.139. The fourth-order valence-electron chi connectivity index (χ4n) is 1.98. The van der Waals surface area contributed by atoms with Gasteiger partial charge in [0.05, 0.1) is 6.10 Å². The van der Waals surface area contributed by atoms with Crippen molar-refractivity contribution in [2.75, 3.05) is 10.6 Å². The van der Waals surface area contributed by atoms with Gasteiger partial charge in [-0.3, -0.25) is 0 Å². The molecule has 4 N–H and O–H groups in total. The van der Waals surface area contributed by atoms with E-state index in [0.717, 1.165) is 17.7 Å². The Morgan fingerprint density at radius 2 is 1.83 bits per heavy atom. The maximum Gasteiger partial charge on any atom is 0.323 e. The number of amides is 2. The molecule has 2 aromatic rings. The Balaban J connectivity index is 1.95. The molecule has 0 heterocycles. The molecule has 0 spiro atoms. The van der Waals surface area contributed by atoms with Crippen LogP contribution >= 0.6 is 0 Å². The highest BCUT2D eigenvalue weighted by Crippen LogP contribution is 2.19. The number of anilines is 2. The normalized spacial score (nSPS) is 11.6. The summed E-state index contributed by atoms with van der Waals surface area (Å²) in [6.07, 6.45) is 1.07. The number of nitrogens with two attached hydrogens (primary N) is 1. The van der Waals surface area contributed by atoms with Crippen molar-refractivity contribution in [2.24, 2.45) is 5.73 Å². The van der Waals surface area contributed by atoms with Crippen LogP contribution in [0.15, 0.2) is 48.5 Å². The molecular weight excluding hydrogens is 290 g/mol. The Hall–Kier alpha value is -2.53. The molecule has 0 saturated heterocycles. The van der Waals surface area contributed by atoms with Gasteiger partial charge in [-0.25, -0.2) is 4.79 Å². The van der Waals surface area contributed by atoms with Crippen LogP contribution in [0.3, 0.4) is 0 Å². The Morgan fingerprint density at radius 3 is 2.48 bits per heavy atom. The lowest BCUT2D eigenvalue weighted by molar-refractivity contribution is 0.217. The highest BCUT2D eigenvalue weighted by atomic mass is 16.5. The highest BCUT2D eigenvalue weighted by Gasteiger charge is 2.05. The van der Waals surface area contributed by atoms with E-state index in [1.807, 2.05) is 55.5 Å². The van der Waals surface area contributed by atoms with E-state index in [9.17, 15) is 4.79 Å². The number of urea groups is 1. The SMILES string of the molecule is CCC(C)Oc1cccc(NC(=O)Nc2ccc(CN)cc2)c1. The molecule has 23 heavy (non-hydrogen) atoms. The van der Waals surface area contributed by atoms with Crippen LogP contribution in [-0.4, -0.2) is 12.1 Å². The number of nitrogens with one attached hydrogen (secondary N) is 2. The summed E-state index contributed by atoms with van der Waals surface area (Å²) in [6.45, 7) is 4.56. The van der Waals surface area contributed by atoms with Crippen LogP contribution in [-0.2, 0) is 6.54 Å². The average molecular weight is 313 g/mol. The molecule has 0 aliphatic carbocycles. The van der Waals surface area contributed by atoms with Gasteiger partial charge in [0.2, 0.25) is 0 Å². The molecular formula is C18H23N3O2. The molecule has 2 amide bonds. The lowest BCUT2D eigenvalue weighted by Gasteiger charge is -2.14. The second kappa shape index (κ2) is 8.19. The van der Waals surface area contributed by atoms with Crippen molar-refractivity contribution in [2.45, 2.75) is 32.9 Å². The molecule has 122 valence electrons. The fourth-order valence-corrected chi connectivity index (χ4v) is 1.98. The zero-order valence-electron chi connectivity index (χ0n) is 13.5. The van der Waals surface area contributed by atoms with E-state index in [1.54, 1.807) is 0 Å². The van der Waals surface area contributed by atoms with Gasteiger partial charge in [-0.15, -0.1) is 0 Å². The van der Waals surface area contributed by atoms with Crippen LogP contribution in [0, 0.1) is 0 Å². The van der Waals surface area contributed by atoms with Crippen molar-refractivity contribution in [3.8, 4) is 5.75 Å². The van der Waals surface area contributed by atoms with E-state index in [2.05, 4.69) is 17.6 Å². The topological polar surface area (TPSA) is 76.4 Å². The van der Waals surface area contributed by atoms with Gasteiger partial charge in [0, 0.05) is 24.0 Å². The maximum atomic E-state index is 12.0.